The minimum atomic E-state index is -3.81. The highest BCUT2D eigenvalue weighted by molar-refractivity contribution is 7.92. The second kappa shape index (κ2) is 11.3. The van der Waals surface area contributed by atoms with E-state index in [2.05, 4.69) is 15.6 Å². The van der Waals surface area contributed by atoms with E-state index in [-0.39, 0.29) is 16.1 Å². The number of sulfonamides is 1. The number of anilines is 1. The number of rotatable bonds is 9. The van der Waals surface area contributed by atoms with Gasteiger partial charge >= 0.3 is 0 Å². The lowest BCUT2D eigenvalue weighted by atomic mass is 10.1. The van der Waals surface area contributed by atoms with Gasteiger partial charge in [-0.25, -0.2) is 8.42 Å². The van der Waals surface area contributed by atoms with Gasteiger partial charge in [0.2, 0.25) is 0 Å². The zero-order valence-electron chi connectivity index (χ0n) is 18.7. The first-order valence-electron chi connectivity index (χ1n) is 10.4. The van der Waals surface area contributed by atoms with Crippen molar-refractivity contribution in [3.8, 4) is 5.75 Å². The Morgan fingerprint density at radius 1 is 0.794 bits per heavy atom. The monoisotopic (exact) mass is 483 g/mol. The maximum atomic E-state index is 12.6. The van der Waals surface area contributed by atoms with Crippen LogP contribution in [0.3, 0.4) is 0 Å². The first kappa shape index (κ1) is 24.7. The van der Waals surface area contributed by atoms with Crippen molar-refractivity contribution in [2.45, 2.75) is 18.4 Å². The fraction of sp³-hybridized carbons (Fsp3) is 0.167. The molecule has 3 aromatic carbocycles. The van der Waals surface area contributed by atoms with Gasteiger partial charge in [-0.2, -0.15) is 0 Å². The van der Waals surface area contributed by atoms with E-state index in [9.17, 15) is 18.0 Å². The van der Waals surface area contributed by atoms with Crippen molar-refractivity contribution < 1.29 is 27.5 Å². The van der Waals surface area contributed by atoms with Crippen LogP contribution in [0.4, 0.5) is 5.69 Å². The molecule has 0 atom stereocenters. The Bertz CT molecular complexity index is 1230. The number of methoxy groups -OCH3 is 1. The number of benzene rings is 3. The summed E-state index contributed by atoms with van der Waals surface area (Å²) in [5.74, 6) is -0.450. The molecule has 3 rings (SSSR count). The molecule has 0 unspecified atom stereocenters. The van der Waals surface area contributed by atoms with E-state index in [1.54, 1.807) is 43.5 Å². The Morgan fingerprint density at radius 3 is 1.82 bits per heavy atom. The van der Waals surface area contributed by atoms with Gasteiger partial charge in [0.05, 0.1) is 18.1 Å². The van der Waals surface area contributed by atoms with Crippen molar-refractivity contribution >= 4 is 27.5 Å². The molecule has 3 N–H and O–H groups in total. The first-order chi connectivity index (χ1) is 16.3. The summed E-state index contributed by atoms with van der Waals surface area (Å²) in [5, 5.41) is 0. The smallest absolute Gasteiger partial charge is 0.269 e. The van der Waals surface area contributed by atoms with Gasteiger partial charge in [0.1, 0.15) is 5.75 Å². The van der Waals surface area contributed by atoms with Gasteiger partial charge in [0.15, 0.2) is 0 Å². The second-order valence-corrected chi connectivity index (χ2v) is 8.81. The number of hydrazine groups is 1. The summed E-state index contributed by atoms with van der Waals surface area (Å²) in [6, 6.07) is 18.6. The minimum absolute atomic E-state index is 0.0794. The van der Waals surface area contributed by atoms with Crippen LogP contribution in [0.1, 0.15) is 33.2 Å². The third-order valence-corrected chi connectivity index (χ3v) is 6.06. The molecule has 0 spiro atoms. The maximum absolute atomic E-state index is 12.6. The van der Waals surface area contributed by atoms with Gasteiger partial charge in [0.25, 0.3) is 21.8 Å². The summed E-state index contributed by atoms with van der Waals surface area (Å²) in [6.45, 7) is 2.76. The summed E-state index contributed by atoms with van der Waals surface area (Å²) in [6.07, 6.45) is 0. The molecular formula is C24H25N3O6S. The van der Waals surface area contributed by atoms with Crippen molar-refractivity contribution in [3.63, 3.8) is 0 Å². The van der Waals surface area contributed by atoms with Crippen LogP contribution in [0.5, 0.6) is 5.75 Å². The number of carbonyl (C=O) groups is 2. The van der Waals surface area contributed by atoms with E-state index in [0.29, 0.717) is 24.5 Å². The lowest BCUT2D eigenvalue weighted by Gasteiger charge is -2.11. The molecule has 3 aromatic rings. The maximum Gasteiger partial charge on any atom is 0.269 e. The quantitative estimate of drug-likeness (QED) is 0.402. The Hall–Kier alpha value is -3.89. The standard InChI is InChI=1S/C24H25N3O6S/c1-3-33-21-12-14-22(15-13-21)34(30,31)27-20-10-8-19(9-11-20)24(29)26-25-23(28)18-6-4-17(5-7-18)16-32-2/h4-15,27H,3,16H2,1-2H3,(H,25,28)(H,26,29). The highest BCUT2D eigenvalue weighted by Gasteiger charge is 2.15. The number of hydrogen-bond donors (Lipinski definition) is 3. The van der Waals surface area contributed by atoms with Crippen LogP contribution in [-0.4, -0.2) is 33.9 Å². The first-order valence-corrected chi connectivity index (χ1v) is 11.8. The lowest BCUT2D eigenvalue weighted by molar-refractivity contribution is 0.0846. The van der Waals surface area contributed by atoms with Crippen LogP contribution >= 0.6 is 0 Å². The fourth-order valence-electron chi connectivity index (χ4n) is 2.96. The molecule has 0 saturated carbocycles. The zero-order chi connectivity index (χ0) is 24.6. The largest absolute Gasteiger partial charge is 0.494 e. The summed E-state index contributed by atoms with van der Waals surface area (Å²) in [4.78, 5) is 24.6. The fourth-order valence-corrected chi connectivity index (χ4v) is 4.02. The van der Waals surface area contributed by atoms with Crippen molar-refractivity contribution in [2.24, 2.45) is 0 Å². The minimum Gasteiger partial charge on any atom is -0.494 e. The third kappa shape index (κ3) is 6.56. The van der Waals surface area contributed by atoms with Gasteiger partial charge in [-0.3, -0.25) is 25.2 Å². The molecule has 9 nitrogen and oxygen atoms in total. The van der Waals surface area contributed by atoms with Gasteiger partial charge in [-0.15, -0.1) is 0 Å². The van der Waals surface area contributed by atoms with Gasteiger partial charge in [-0.05, 0) is 73.2 Å². The van der Waals surface area contributed by atoms with E-state index in [1.165, 1.54) is 36.4 Å². The molecule has 0 radical (unpaired) electrons. The van der Waals surface area contributed by atoms with E-state index < -0.39 is 21.8 Å². The molecule has 10 heteroatoms. The third-order valence-electron chi connectivity index (χ3n) is 4.66. The van der Waals surface area contributed by atoms with Crippen LogP contribution in [-0.2, 0) is 21.4 Å². The number of amides is 2. The van der Waals surface area contributed by atoms with Crippen LogP contribution in [0.15, 0.2) is 77.7 Å². The molecule has 178 valence electrons. The van der Waals surface area contributed by atoms with E-state index in [0.717, 1.165) is 5.56 Å². The van der Waals surface area contributed by atoms with Gasteiger partial charge in [-0.1, -0.05) is 12.1 Å². The second-order valence-electron chi connectivity index (χ2n) is 7.13. The molecule has 0 aliphatic carbocycles. The van der Waals surface area contributed by atoms with Gasteiger partial charge in [0, 0.05) is 23.9 Å². The Balaban J connectivity index is 1.56. The Morgan fingerprint density at radius 2 is 1.32 bits per heavy atom. The molecule has 0 bridgehead atoms. The summed E-state index contributed by atoms with van der Waals surface area (Å²) in [7, 11) is -2.23. The van der Waals surface area contributed by atoms with Crippen molar-refractivity contribution in [1.82, 2.24) is 10.9 Å². The van der Waals surface area contributed by atoms with Crippen LogP contribution in [0.25, 0.3) is 0 Å². The molecule has 0 heterocycles. The van der Waals surface area contributed by atoms with Gasteiger partial charge < -0.3 is 9.47 Å². The SMILES string of the molecule is CCOc1ccc(S(=O)(=O)Nc2ccc(C(=O)NNC(=O)c3ccc(COC)cc3)cc2)cc1. The number of hydrogen-bond acceptors (Lipinski definition) is 6. The molecule has 0 aromatic heterocycles. The van der Waals surface area contributed by atoms with Crippen LogP contribution in [0, 0.1) is 0 Å². The summed E-state index contributed by atoms with van der Waals surface area (Å²) >= 11 is 0. The Kier molecular flexibility index (Phi) is 8.23. The zero-order valence-corrected chi connectivity index (χ0v) is 19.5. The topological polar surface area (TPSA) is 123 Å². The predicted molar refractivity (Wildman–Crippen MR) is 127 cm³/mol. The highest BCUT2D eigenvalue weighted by Crippen LogP contribution is 2.19. The molecule has 0 saturated heterocycles. The Labute approximate surface area is 198 Å². The van der Waals surface area contributed by atoms with Crippen molar-refractivity contribution in [2.75, 3.05) is 18.4 Å². The molecule has 0 aliphatic heterocycles. The number of carbonyl (C=O) groups excluding carboxylic acids is 2. The number of ether oxygens (including phenoxy) is 2. The van der Waals surface area contributed by atoms with Crippen molar-refractivity contribution in [3.05, 3.63) is 89.5 Å². The number of nitrogens with one attached hydrogen (secondary N) is 3. The summed E-state index contributed by atoms with van der Waals surface area (Å²) < 4.78 is 37.9. The average Bonchev–Trinajstić information content (AvgIpc) is 2.84. The lowest BCUT2D eigenvalue weighted by Crippen LogP contribution is -2.41. The normalized spacial score (nSPS) is 10.9. The molecule has 34 heavy (non-hydrogen) atoms. The molecule has 2 amide bonds. The van der Waals surface area contributed by atoms with Crippen molar-refractivity contribution in [1.29, 1.82) is 0 Å². The van der Waals surface area contributed by atoms with E-state index in [1.807, 2.05) is 6.92 Å². The average molecular weight is 484 g/mol. The predicted octanol–water partition coefficient (Wildman–Crippen LogP) is 3.11. The molecule has 0 fully saturated rings. The van der Waals surface area contributed by atoms with Crippen LogP contribution < -0.4 is 20.3 Å². The summed E-state index contributed by atoms with van der Waals surface area (Å²) in [5.41, 5.74) is 6.49. The van der Waals surface area contributed by atoms with E-state index >= 15 is 0 Å². The molecule has 0 aliphatic rings. The van der Waals surface area contributed by atoms with Crippen LogP contribution in [0.2, 0.25) is 0 Å². The van der Waals surface area contributed by atoms with E-state index in [4.69, 9.17) is 9.47 Å². The molecular weight excluding hydrogens is 458 g/mol. The highest BCUT2D eigenvalue weighted by atomic mass is 32.2.